The summed E-state index contributed by atoms with van der Waals surface area (Å²) in [6.07, 6.45) is 3.61. The Balaban J connectivity index is 2.35. The molecule has 0 heterocycles. The van der Waals surface area contributed by atoms with Crippen molar-refractivity contribution in [3.8, 4) is 5.75 Å². The van der Waals surface area contributed by atoms with Crippen LogP contribution in [0.5, 0.6) is 5.75 Å². The molecule has 1 aromatic carbocycles. The number of carboxylic acids is 1. The third-order valence-electron chi connectivity index (χ3n) is 2.48. The molecule has 0 spiro atoms. The zero-order valence-electron chi connectivity index (χ0n) is 11.5. The van der Waals surface area contributed by atoms with Crippen LogP contribution >= 0.6 is 0 Å². The normalized spacial score (nSPS) is 10.4. The van der Waals surface area contributed by atoms with E-state index < -0.39 is 5.97 Å². The van der Waals surface area contributed by atoms with Gasteiger partial charge in [-0.2, -0.15) is 0 Å². The van der Waals surface area contributed by atoms with E-state index in [0.29, 0.717) is 19.6 Å². The molecule has 0 unspecified atom stereocenters. The van der Waals surface area contributed by atoms with Crippen molar-refractivity contribution >= 4 is 18.0 Å². The van der Waals surface area contributed by atoms with Gasteiger partial charge in [0.2, 0.25) is 5.91 Å². The molecule has 0 aromatic heterocycles. The monoisotopic (exact) mass is 277 g/mol. The highest BCUT2D eigenvalue weighted by Crippen LogP contribution is 2.12. The minimum atomic E-state index is -0.857. The molecule has 20 heavy (non-hydrogen) atoms. The number of aliphatic carboxylic acids is 1. The molecule has 5 heteroatoms. The predicted octanol–water partition coefficient (Wildman–Crippen LogP) is 2.08. The second-order valence-corrected chi connectivity index (χ2v) is 4.12. The lowest BCUT2D eigenvalue weighted by atomic mass is 10.2. The fourth-order valence-electron chi connectivity index (χ4n) is 1.52. The number of carbonyl (C=O) groups excluding carboxylic acids is 1. The highest BCUT2D eigenvalue weighted by molar-refractivity contribution is 5.91. The van der Waals surface area contributed by atoms with E-state index in [1.165, 1.54) is 6.08 Å². The van der Waals surface area contributed by atoms with Gasteiger partial charge in [0.25, 0.3) is 0 Å². The molecule has 5 nitrogen and oxygen atoms in total. The molecular formula is C15H19NO4. The number of hydrogen-bond acceptors (Lipinski definition) is 3. The van der Waals surface area contributed by atoms with Crippen LogP contribution < -0.4 is 10.1 Å². The Labute approximate surface area is 118 Å². The quantitative estimate of drug-likeness (QED) is 0.563. The topological polar surface area (TPSA) is 75.6 Å². The van der Waals surface area contributed by atoms with Crippen molar-refractivity contribution in [1.29, 1.82) is 0 Å². The molecule has 0 aliphatic rings. The largest absolute Gasteiger partial charge is 0.494 e. The molecule has 0 atom stereocenters. The summed E-state index contributed by atoms with van der Waals surface area (Å²) in [4.78, 5) is 21.8. The summed E-state index contributed by atoms with van der Waals surface area (Å²) >= 11 is 0. The van der Waals surface area contributed by atoms with Gasteiger partial charge >= 0.3 is 5.97 Å². The number of rotatable bonds is 8. The summed E-state index contributed by atoms with van der Waals surface area (Å²) in [5.41, 5.74) is 0.897. The van der Waals surface area contributed by atoms with E-state index >= 15 is 0 Å². The SMILES string of the molecule is CCOc1ccc(/C=C/C(=O)NCCCC(=O)O)cc1. The molecule has 2 N–H and O–H groups in total. The Morgan fingerprint density at radius 1 is 1.30 bits per heavy atom. The minimum absolute atomic E-state index is 0.0584. The van der Waals surface area contributed by atoms with Gasteiger partial charge in [-0.15, -0.1) is 0 Å². The van der Waals surface area contributed by atoms with E-state index in [-0.39, 0.29) is 12.3 Å². The Hall–Kier alpha value is -2.30. The van der Waals surface area contributed by atoms with Crippen LogP contribution in [0.1, 0.15) is 25.3 Å². The molecular weight excluding hydrogens is 258 g/mol. The summed E-state index contributed by atoms with van der Waals surface area (Å²) < 4.78 is 5.32. The lowest BCUT2D eigenvalue weighted by Gasteiger charge is -2.02. The van der Waals surface area contributed by atoms with Gasteiger partial charge < -0.3 is 15.2 Å². The third kappa shape index (κ3) is 6.58. The summed E-state index contributed by atoms with van der Waals surface area (Å²) in [7, 11) is 0. The molecule has 0 bridgehead atoms. The Morgan fingerprint density at radius 2 is 2.00 bits per heavy atom. The average molecular weight is 277 g/mol. The van der Waals surface area contributed by atoms with Gasteiger partial charge in [0.15, 0.2) is 0 Å². The van der Waals surface area contributed by atoms with Crippen LogP contribution in [-0.4, -0.2) is 30.1 Å². The van der Waals surface area contributed by atoms with Gasteiger partial charge in [-0.3, -0.25) is 9.59 Å². The van der Waals surface area contributed by atoms with Gasteiger partial charge in [0.05, 0.1) is 6.61 Å². The Morgan fingerprint density at radius 3 is 2.60 bits per heavy atom. The highest BCUT2D eigenvalue weighted by Gasteiger charge is 1.98. The average Bonchev–Trinajstić information content (AvgIpc) is 2.43. The van der Waals surface area contributed by atoms with Crippen molar-refractivity contribution in [3.05, 3.63) is 35.9 Å². The van der Waals surface area contributed by atoms with Crippen LogP contribution in [0.25, 0.3) is 6.08 Å². The summed E-state index contributed by atoms with van der Waals surface area (Å²) in [6, 6.07) is 7.40. The fraction of sp³-hybridized carbons (Fsp3) is 0.333. The van der Waals surface area contributed by atoms with E-state index in [2.05, 4.69) is 5.32 Å². The molecule has 0 radical (unpaired) electrons. The molecule has 1 rings (SSSR count). The second kappa shape index (κ2) is 8.74. The van der Waals surface area contributed by atoms with Crippen LogP contribution in [0.2, 0.25) is 0 Å². The van der Waals surface area contributed by atoms with Gasteiger partial charge in [0.1, 0.15) is 5.75 Å². The number of hydrogen-bond donors (Lipinski definition) is 2. The van der Waals surface area contributed by atoms with Crippen LogP contribution in [-0.2, 0) is 9.59 Å². The minimum Gasteiger partial charge on any atom is -0.494 e. The van der Waals surface area contributed by atoms with Crippen molar-refractivity contribution in [3.63, 3.8) is 0 Å². The number of carbonyl (C=O) groups is 2. The molecule has 1 aromatic rings. The lowest BCUT2D eigenvalue weighted by Crippen LogP contribution is -2.22. The standard InChI is InChI=1S/C15H19NO4/c1-2-20-13-8-5-12(6-9-13)7-10-14(17)16-11-3-4-15(18)19/h5-10H,2-4,11H2,1H3,(H,16,17)(H,18,19)/b10-7+. The summed E-state index contributed by atoms with van der Waals surface area (Å²) in [5.74, 6) is -0.295. The summed E-state index contributed by atoms with van der Waals surface area (Å²) in [5, 5.41) is 11.1. The third-order valence-corrected chi connectivity index (χ3v) is 2.48. The van der Waals surface area contributed by atoms with Crippen molar-refractivity contribution in [2.45, 2.75) is 19.8 Å². The maximum atomic E-state index is 11.5. The molecule has 108 valence electrons. The predicted molar refractivity (Wildman–Crippen MR) is 76.5 cm³/mol. The van der Waals surface area contributed by atoms with E-state index in [1.807, 2.05) is 31.2 Å². The number of benzene rings is 1. The van der Waals surface area contributed by atoms with Gasteiger partial charge in [-0.05, 0) is 37.1 Å². The molecule has 0 saturated carbocycles. The zero-order valence-corrected chi connectivity index (χ0v) is 11.5. The van der Waals surface area contributed by atoms with E-state index in [1.54, 1.807) is 6.08 Å². The molecule has 0 aliphatic heterocycles. The van der Waals surface area contributed by atoms with Crippen molar-refractivity contribution in [2.75, 3.05) is 13.2 Å². The van der Waals surface area contributed by atoms with Crippen molar-refractivity contribution in [2.24, 2.45) is 0 Å². The number of nitrogens with one attached hydrogen (secondary N) is 1. The molecule has 1 amide bonds. The fourth-order valence-corrected chi connectivity index (χ4v) is 1.52. The molecule has 0 fully saturated rings. The maximum absolute atomic E-state index is 11.5. The van der Waals surface area contributed by atoms with Crippen molar-refractivity contribution in [1.82, 2.24) is 5.32 Å². The Kier molecular flexibility index (Phi) is 6.89. The Bertz CT molecular complexity index is 465. The first kappa shape index (κ1) is 15.8. The van der Waals surface area contributed by atoms with Crippen LogP contribution in [0.4, 0.5) is 0 Å². The first-order valence-corrected chi connectivity index (χ1v) is 6.52. The highest BCUT2D eigenvalue weighted by atomic mass is 16.5. The van der Waals surface area contributed by atoms with Crippen molar-refractivity contribution < 1.29 is 19.4 Å². The maximum Gasteiger partial charge on any atom is 0.303 e. The molecule has 0 aliphatic carbocycles. The summed E-state index contributed by atoms with van der Waals surface area (Å²) in [6.45, 7) is 2.90. The number of carboxylic acid groups (broad SMARTS) is 1. The molecule has 0 saturated heterocycles. The first-order chi connectivity index (χ1) is 9.61. The smallest absolute Gasteiger partial charge is 0.303 e. The lowest BCUT2D eigenvalue weighted by molar-refractivity contribution is -0.137. The number of ether oxygens (including phenoxy) is 1. The second-order valence-electron chi connectivity index (χ2n) is 4.12. The van der Waals surface area contributed by atoms with Crippen LogP contribution in [0.15, 0.2) is 30.3 Å². The zero-order chi connectivity index (χ0) is 14.8. The van der Waals surface area contributed by atoms with E-state index in [4.69, 9.17) is 9.84 Å². The van der Waals surface area contributed by atoms with Crippen LogP contribution in [0.3, 0.4) is 0 Å². The van der Waals surface area contributed by atoms with Gasteiger partial charge in [-0.1, -0.05) is 12.1 Å². The van der Waals surface area contributed by atoms with E-state index in [9.17, 15) is 9.59 Å². The van der Waals surface area contributed by atoms with Gasteiger partial charge in [0, 0.05) is 19.0 Å². The number of amides is 1. The van der Waals surface area contributed by atoms with E-state index in [0.717, 1.165) is 11.3 Å². The van der Waals surface area contributed by atoms with Crippen LogP contribution in [0, 0.1) is 0 Å². The first-order valence-electron chi connectivity index (χ1n) is 6.52. The van der Waals surface area contributed by atoms with Gasteiger partial charge in [-0.25, -0.2) is 0 Å².